The van der Waals surface area contributed by atoms with Crippen molar-refractivity contribution in [2.24, 2.45) is 5.92 Å². The third kappa shape index (κ3) is 2.62. The molecule has 0 radical (unpaired) electrons. The van der Waals surface area contributed by atoms with E-state index in [0.29, 0.717) is 11.5 Å². The van der Waals surface area contributed by atoms with Gasteiger partial charge in [0.25, 0.3) is 0 Å². The van der Waals surface area contributed by atoms with Crippen LogP contribution in [0.25, 0.3) is 0 Å². The highest BCUT2D eigenvalue weighted by Crippen LogP contribution is 2.54. The number of aryl methyl sites for hydroxylation is 1. The highest BCUT2D eigenvalue weighted by molar-refractivity contribution is 5.36. The third-order valence-electron chi connectivity index (χ3n) is 5.75. The Kier molecular flexibility index (Phi) is 3.86. The van der Waals surface area contributed by atoms with Crippen LogP contribution in [0.15, 0.2) is 42.6 Å². The second kappa shape index (κ2) is 5.91. The van der Waals surface area contributed by atoms with Crippen molar-refractivity contribution < 1.29 is 13.2 Å². The maximum atomic E-state index is 13.4. The molecule has 1 heterocycles. The summed E-state index contributed by atoms with van der Waals surface area (Å²) in [6.07, 6.45) is 2.56. The number of hydrogen-bond donors (Lipinski definition) is 0. The van der Waals surface area contributed by atoms with E-state index < -0.39 is 11.7 Å². The Morgan fingerprint density at radius 2 is 1.75 bits per heavy atom. The van der Waals surface area contributed by atoms with Gasteiger partial charge in [0, 0.05) is 17.8 Å². The maximum absolute atomic E-state index is 13.4. The predicted octanol–water partition coefficient (Wildman–Crippen LogP) is 5.71. The van der Waals surface area contributed by atoms with Gasteiger partial charge >= 0.3 is 6.18 Å². The van der Waals surface area contributed by atoms with Crippen molar-refractivity contribution >= 4 is 0 Å². The molecule has 1 fully saturated rings. The Bertz CT molecular complexity index is 738. The summed E-state index contributed by atoms with van der Waals surface area (Å²) >= 11 is 0. The molecule has 126 valence electrons. The first-order valence-electron chi connectivity index (χ1n) is 8.65. The lowest BCUT2D eigenvalue weighted by Gasteiger charge is -2.44. The summed E-state index contributed by atoms with van der Waals surface area (Å²) in [4.78, 5) is 4.58. The van der Waals surface area contributed by atoms with E-state index in [2.05, 4.69) is 11.1 Å². The smallest absolute Gasteiger partial charge is 0.261 e. The summed E-state index contributed by atoms with van der Waals surface area (Å²) in [6.45, 7) is 0. The molecule has 1 aromatic heterocycles. The van der Waals surface area contributed by atoms with Crippen molar-refractivity contribution in [3.8, 4) is 0 Å². The molecule has 2 aliphatic rings. The number of aromatic nitrogens is 1. The van der Waals surface area contributed by atoms with Gasteiger partial charge in [0.2, 0.25) is 0 Å². The molecular formula is C20H20F3N. The van der Waals surface area contributed by atoms with E-state index in [1.54, 1.807) is 12.1 Å². The zero-order valence-corrected chi connectivity index (χ0v) is 13.4. The minimum absolute atomic E-state index is 0.000723. The van der Waals surface area contributed by atoms with Gasteiger partial charge in [0.05, 0.1) is 5.56 Å². The maximum Gasteiger partial charge on any atom is 0.416 e. The molecule has 24 heavy (non-hydrogen) atoms. The molecule has 0 saturated heterocycles. The predicted molar refractivity (Wildman–Crippen MR) is 86.8 cm³/mol. The number of fused-ring (bicyclic) bond motifs is 1. The molecule has 0 amide bonds. The van der Waals surface area contributed by atoms with Crippen LogP contribution < -0.4 is 0 Å². The summed E-state index contributed by atoms with van der Waals surface area (Å²) < 4.78 is 40.1. The van der Waals surface area contributed by atoms with E-state index in [-0.39, 0.29) is 11.8 Å². The van der Waals surface area contributed by atoms with Gasteiger partial charge < -0.3 is 0 Å². The molecule has 3 unspecified atom stereocenters. The van der Waals surface area contributed by atoms with Crippen molar-refractivity contribution in [3.05, 3.63) is 65.0 Å². The van der Waals surface area contributed by atoms with Crippen molar-refractivity contribution in [2.75, 3.05) is 0 Å². The van der Waals surface area contributed by atoms with Gasteiger partial charge in [-0.3, -0.25) is 4.98 Å². The van der Waals surface area contributed by atoms with E-state index >= 15 is 0 Å². The quantitative estimate of drug-likeness (QED) is 0.686. The van der Waals surface area contributed by atoms with Crippen LogP contribution in [-0.4, -0.2) is 4.98 Å². The van der Waals surface area contributed by atoms with E-state index in [1.807, 2.05) is 12.3 Å². The highest BCUT2D eigenvalue weighted by Gasteiger charge is 2.44. The van der Waals surface area contributed by atoms with Crippen LogP contribution in [0.1, 0.15) is 59.9 Å². The Labute approximate surface area is 139 Å². The average molecular weight is 331 g/mol. The molecule has 0 spiro atoms. The molecule has 3 atom stereocenters. The Morgan fingerprint density at radius 3 is 2.50 bits per heavy atom. The molecule has 4 heteroatoms. The summed E-state index contributed by atoms with van der Waals surface area (Å²) in [6, 6.07) is 10.2. The Hall–Kier alpha value is -1.84. The fourth-order valence-electron chi connectivity index (χ4n) is 4.53. The van der Waals surface area contributed by atoms with Crippen LogP contribution in [0, 0.1) is 5.92 Å². The first-order valence-corrected chi connectivity index (χ1v) is 8.65. The van der Waals surface area contributed by atoms with Gasteiger partial charge in [-0.25, -0.2) is 0 Å². The zero-order valence-electron chi connectivity index (χ0n) is 13.4. The summed E-state index contributed by atoms with van der Waals surface area (Å²) in [7, 11) is 0. The number of rotatable bonds is 2. The van der Waals surface area contributed by atoms with E-state index in [4.69, 9.17) is 0 Å². The number of alkyl halides is 3. The van der Waals surface area contributed by atoms with Crippen LogP contribution in [0.5, 0.6) is 0 Å². The lowest BCUT2D eigenvalue weighted by Crippen LogP contribution is -2.33. The van der Waals surface area contributed by atoms with Gasteiger partial charge in [-0.15, -0.1) is 0 Å². The summed E-state index contributed by atoms with van der Waals surface area (Å²) in [5, 5.41) is 0. The van der Waals surface area contributed by atoms with Gasteiger partial charge in [-0.05, 0) is 67.2 Å². The number of pyridine rings is 1. The van der Waals surface area contributed by atoms with Crippen LogP contribution in [0.3, 0.4) is 0 Å². The molecule has 0 N–H and O–H groups in total. The van der Waals surface area contributed by atoms with Crippen LogP contribution in [0.2, 0.25) is 0 Å². The van der Waals surface area contributed by atoms with Crippen LogP contribution in [0.4, 0.5) is 13.2 Å². The second-order valence-electron chi connectivity index (χ2n) is 6.98. The molecule has 4 rings (SSSR count). The minimum Gasteiger partial charge on any atom is -0.261 e. The number of hydrogen-bond acceptors (Lipinski definition) is 1. The SMILES string of the molecule is FC(F)(F)c1ccccc1C1CCC1C1CCCc2cccnc21. The first kappa shape index (κ1) is 15.7. The van der Waals surface area contributed by atoms with E-state index in [0.717, 1.165) is 37.8 Å². The Balaban J connectivity index is 1.67. The molecule has 1 aromatic carbocycles. The minimum atomic E-state index is -4.28. The normalized spacial score (nSPS) is 26.5. The fraction of sp³-hybridized carbons (Fsp3) is 0.450. The monoisotopic (exact) mass is 331 g/mol. The summed E-state index contributed by atoms with van der Waals surface area (Å²) in [5.74, 6) is 0.582. The van der Waals surface area contributed by atoms with E-state index in [1.165, 1.54) is 17.7 Å². The van der Waals surface area contributed by atoms with Gasteiger partial charge in [-0.1, -0.05) is 24.3 Å². The lowest BCUT2D eigenvalue weighted by atomic mass is 9.60. The molecule has 1 saturated carbocycles. The van der Waals surface area contributed by atoms with Crippen molar-refractivity contribution in [3.63, 3.8) is 0 Å². The topological polar surface area (TPSA) is 12.9 Å². The van der Waals surface area contributed by atoms with Gasteiger partial charge in [-0.2, -0.15) is 13.2 Å². The second-order valence-corrected chi connectivity index (χ2v) is 6.98. The average Bonchev–Trinajstić information content (AvgIpc) is 2.54. The lowest BCUT2D eigenvalue weighted by molar-refractivity contribution is -0.138. The van der Waals surface area contributed by atoms with Crippen molar-refractivity contribution in [1.82, 2.24) is 4.98 Å². The molecule has 0 bridgehead atoms. The van der Waals surface area contributed by atoms with E-state index in [9.17, 15) is 13.2 Å². The summed E-state index contributed by atoms with van der Waals surface area (Å²) in [5.41, 5.74) is 2.42. The van der Waals surface area contributed by atoms with Crippen LogP contribution >= 0.6 is 0 Å². The largest absolute Gasteiger partial charge is 0.416 e. The molecule has 2 aromatic rings. The highest BCUT2D eigenvalue weighted by atomic mass is 19.4. The zero-order chi connectivity index (χ0) is 16.7. The molecule has 1 nitrogen and oxygen atoms in total. The van der Waals surface area contributed by atoms with Gasteiger partial charge in [0.1, 0.15) is 0 Å². The molecule has 2 aliphatic carbocycles. The Morgan fingerprint density at radius 1 is 0.917 bits per heavy atom. The number of nitrogens with zero attached hydrogens (tertiary/aromatic N) is 1. The number of halogens is 3. The standard InChI is InChI=1S/C20H20F3N/c21-20(22,23)18-9-2-1-7-16(18)14-10-11-15(14)17-8-3-5-13-6-4-12-24-19(13)17/h1-2,4,6-7,9,12,14-15,17H,3,5,8,10-11H2. The molecular weight excluding hydrogens is 311 g/mol. The third-order valence-corrected chi connectivity index (χ3v) is 5.75. The number of benzene rings is 1. The fourth-order valence-corrected chi connectivity index (χ4v) is 4.53. The van der Waals surface area contributed by atoms with Crippen molar-refractivity contribution in [1.29, 1.82) is 0 Å². The van der Waals surface area contributed by atoms with Crippen molar-refractivity contribution in [2.45, 2.75) is 50.1 Å². The van der Waals surface area contributed by atoms with Gasteiger partial charge in [0.15, 0.2) is 0 Å². The molecule has 0 aliphatic heterocycles. The first-order chi connectivity index (χ1) is 11.6. The van der Waals surface area contributed by atoms with Crippen LogP contribution in [-0.2, 0) is 12.6 Å².